The molecule has 1 spiro atoms. The fraction of sp³-hybridized carbons (Fsp3) is 0.655. The molecule has 4 aliphatic rings. The molecule has 3 aliphatic heterocycles. The smallest absolute Gasteiger partial charge is 0.408 e. The number of amides is 2. The maximum Gasteiger partial charge on any atom is 0.408 e. The second-order valence-electron chi connectivity index (χ2n) is 11.3. The van der Waals surface area contributed by atoms with Gasteiger partial charge in [0.2, 0.25) is 5.91 Å². The molecule has 6 atom stereocenters. The standard InChI is InChI=1S/C29H40N2O6/c1-20(2)9-10-25-28(3,37-25)24-18-22(11-12-29(24)19-35-29)36-27(33)30-23(17-21-7-5-4-6-8-21)26(32)31-13-15-34-16-14-31/h4-9,22-25H,10-19H2,1-3H3,(H,30,33)/t22-,23+,24-,25-,28-,29+/m1/s1. The summed E-state index contributed by atoms with van der Waals surface area (Å²) >= 11 is 0. The molecular weight excluding hydrogens is 472 g/mol. The number of carbonyl (C=O) groups excluding carboxylic acids is 2. The van der Waals surface area contributed by atoms with E-state index in [1.165, 1.54) is 5.57 Å². The minimum atomic E-state index is -0.691. The van der Waals surface area contributed by atoms with Gasteiger partial charge in [0.25, 0.3) is 0 Å². The molecule has 1 aromatic carbocycles. The lowest BCUT2D eigenvalue weighted by Crippen LogP contribution is -2.53. The Balaban J connectivity index is 1.22. The molecule has 8 heteroatoms. The highest BCUT2D eigenvalue weighted by Crippen LogP contribution is 2.59. The van der Waals surface area contributed by atoms with Crippen LogP contribution in [-0.4, -0.2) is 79.3 Å². The molecular formula is C29H40N2O6. The third-order valence-corrected chi connectivity index (χ3v) is 8.42. The van der Waals surface area contributed by atoms with Crippen LogP contribution in [0.5, 0.6) is 0 Å². The Morgan fingerprint density at radius 2 is 1.95 bits per heavy atom. The molecule has 3 saturated heterocycles. The second-order valence-corrected chi connectivity index (χ2v) is 11.3. The number of hydrogen-bond acceptors (Lipinski definition) is 6. The normalized spacial score (nSPS) is 33.4. The topological polar surface area (TPSA) is 92.9 Å². The van der Waals surface area contributed by atoms with Crippen molar-refractivity contribution >= 4 is 12.0 Å². The summed E-state index contributed by atoms with van der Waals surface area (Å²) < 4.78 is 23.5. The molecule has 0 aromatic heterocycles. The van der Waals surface area contributed by atoms with Crippen LogP contribution in [0.4, 0.5) is 4.79 Å². The number of hydrogen-bond donors (Lipinski definition) is 1. The first kappa shape index (κ1) is 26.2. The SMILES string of the molecule is CC(C)=CC[C@H]1O[C@]1(C)[C@H]1C[C@H](OC(=O)N[C@@H](Cc2ccccc2)C(=O)N2CCOCC2)CC[C@]12CO2. The summed E-state index contributed by atoms with van der Waals surface area (Å²) in [5.41, 5.74) is 1.87. The zero-order valence-electron chi connectivity index (χ0n) is 22.2. The van der Waals surface area contributed by atoms with Crippen LogP contribution in [0.1, 0.15) is 52.0 Å². The van der Waals surface area contributed by atoms with Gasteiger partial charge in [-0.15, -0.1) is 0 Å². The van der Waals surface area contributed by atoms with Crippen molar-refractivity contribution in [2.24, 2.45) is 5.92 Å². The summed E-state index contributed by atoms with van der Waals surface area (Å²) in [5.74, 6) is 0.0779. The van der Waals surface area contributed by atoms with Gasteiger partial charge in [0, 0.05) is 25.4 Å². The Morgan fingerprint density at radius 3 is 2.62 bits per heavy atom. The average Bonchev–Trinajstić information content (AvgIpc) is 3.81. The van der Waals surface area contributed by atoms with Crippen LogP contribution in [0.25, 0.3) is 0 Å². The predicted molar refractivity (Wildman–Crippen MR) is 138 cm³/mol. The highest BCUT2D eigenvalue weighted by molar-refractivity contribution is 5.86. The molecule has 8 nitrogen and oxygen atoms in total. The van der Waals surface area contributed by atoms with Gasteiger partial charge in [-0.3, -0.25) is 4.79 Å². The summed E-state index contributed by atoms with van der Waals surface area (Å²) in [6.45, 7) is 9.20. The molecule has 4 fully saturated rings. The van der Waals surface area contributed by atoms with Crippen molar-refractivity contribution < 1.29 is 28.5 Å². The van der Waals surface area contributed by atoms with Crippen molar-refractivity contribution in [3.8, 4) is 0 Å². The molecule has 0 unspecified atom stereocenters. The van der Waals surface area contributed by atoms with E-state index in [0.717, 1.165) is 31.4 Å². The number of alkyl carbamates (subject to hydrolysis) is 1. The van der Waals surface area contributed by atoms with E-state index < -0.39 is 12.1 Å². The highest BCUT2D eigenvalue weighted by atomic mass is 16.6. The first-order valence-electron chi connectivity index (χ1n) is 13.6. The molecule has 1 N–H and O–H groups in total. The van der Waals surface area contributed by atoms with Crippen LogP contribution in [0, 0.1) is 5.92 Å². The maximum atomic E-state index is 13.3. The van der Waals surface area contributed by atoms with Gasteiger partial charge in [-0.25, -0.2) is 4.79 Å². The largest absolute Gasteiger partial charge is 0.446 e. The minimum absolute atomic E-state index is 0.100. The van der Waals surface area contributed by atoms with Crippen molar-refractivity contribution in [2.75, 3.05) is 32.9 Å². The Morgan fingerprint density at radius 1 is 1.22 bits per heavy atom. The first-order chi connectivity index (χ1) is 17.8. The molecule has 0 radical (unpaired) electrons. The van der Waals surface area contributed by atoms with Crippen molar-refractivity contribution in [1.82, 2.24) is 10.2 Å². The minimum Gasteiger partial charge on any atom is -0.446 e. The first-order valence-corrected chi connectivity index (χ1v) is 13.6. The predicted octanol–water partition coefficient (Wildman–Crippen LogP) is 3.63. The summed E-state index contributed by atoms with van der Waals surface area (Å²) in [6, 6.07) is 9.06. The quantitative estimate of drug-likeness (QED) is 0.422. The lowest BCUT2D eigenvalue weighted by atomic mass is 9.70. The summed E-state index contributed by atoms with van der Waals surface area (Å²) in [7, 11) is 0. The van der Waals surface area contributed by atoms with Gasteiger partial charge >= 0.3 is 6.09 Å². The third-order valence-electron chi connectivity index (χ3n) is 8.42. The Kier molecular flexibility index (Phi) is 7.61. The van der Waals surface area contributed by atoms with Crippen molar-refractivity contribution in [2.45, 2.75) is 82.3 Å². The van der Waals surface area contributed by atoms with E-state index in [4.69, 9.17) is 18.9 Å². The second kappa shape index (κ2) is 10.8. The fourth-order valence-electron chi connectivity index (χ4n) is 6.06. The summed E-state index contributed by atoms with van der Waals surface area (Å²) in [6.07, 6.45) is 5.22. The highest BCUT2D eigenvalue weighted by Gasteiger charge is 2.68. The molecule has 1 saturated carbocycles. The molecule has 1 aromatic rings. The van der Waals surface area contributed by atoms with Crippen molar-refractivity contribution in [3.05, 3.63) is 47.5 Å². The molecule has 2 amide bonds. The van der Waals surface area contributed by atoms with Crippen LogP contribution < -0.4 is 5.32 Å². The number of nitrogens with zero attached hydrogens (tertiary/aromatic N) is 1. The molecule has 202 valence electrons. The van der Waals surface area contributed by atoms with Crippen LogP contribution >= 0.6 is 0 Å². The molecule has 1 aliphatic carbocycles. The van der Waals surface area contributed by atoms with Gasteiger partial charge in [0.15, 0.2) is 0 Å². The lowest BCUT2D eigenvalue weighted by Gasteiger charge is -2.37. The monoisotopic (exact) mass is 512 g/mol. The zero-order chi connectivity index (χ0) is 26.0. The molecule has 3 heterocycles. The number of carbonyl (C=O) groups is 2. The Hall–Kier alpha value is -2.42. The van der Waals surface area contributed by atoms with E-state index in [2.05, 4.69) is 32.2 Å². The number of allylic oxidation sites excluding steroid dienone is 1. The third kappa shape index (κ3) is 6.02. The lowest BCUT2D eigenvalue weighted by molar-refractivity contribution is -0.137. The Bertz CT molecular complexity index is 999. The van der Waals surface area contributed by atoms with Gasteiger partial charge in [0.1, 0.15) is 12.1 Å². The van der Waals surface area contributed by atoms with E-state index in [9.17, 15) is 9.59 Å². The molecule has 5 rings (SSSR count). The van der Waals surface area contributed by atoms with Crippen LogP contribution in [0.2, 0.25) is 0 Å². The van der Waals surface area contributed by atoms with Gasteiger partial charge in [0.05, 0.1) is 37.1 Å². The van der Waals surface area contributed by atoms with Crippen molar-refractivity contribution in [1.29, 1.82) is 0 Å². The van der Waals surface area contributed by atoms with Crippen molar-refractivity contribution in [3.63, 3.8) is 0 Å². The molecule has 37 heavy (non-hydrogen) atoms. The van der Waals surface area contributed by atoms with E-state index in [1.807, 2.05) is 30.3 Å². The number of morpholine rings is 1. The van der Waals surface area contributed by atoms with E-state index in [1.54, 1.807) is 4.90 Å². The van der Waals surface area contributed by atoms with Gasteiger partial charge in [-0.1, -0.05) is 42.0 Å². The number of nitrogens with one attached hydrogen (secondary N) is 1. The summed E-state index contributed by atoms with van der Waals surface area (Å²) in [5, 5.41) is 2.89. The number of epoxide rings is 2. The maximum absolute atomic E-state index is 13.3. The fourth-order valence-corrected chi connectivity index (χ4v) is 6.06. The van der Waals surface area contributed by atoms with E-state index in [-0.39, 0.29) is 35.2 Å². The van der Waals surface area contributed by atoms with E-state index >= 15 is 0 Å². The Labute approximate surface area is 219 Å². The van der Waals surface area contributed by atoms with Gasteiger partial charge in [-0.05, 0) is 52.0 Å². The van der Waals surface area contributed by atoms with Gasteiger partial charge in [-0.2, -0.15) is 0 Å². The van der Waals surface area contributed by atoms with Crippen LogP contribution in [-0.2, 0) is 30.2 Å². The zero-order valence-corrected chi connectivity index (χ0v) is 22.2. The number of rotatable bonds is 8. The van der Waals surface area contributed by atoms with E-state index in [0.29, 0.717) is 39.1 Å². The average molecular weight is 513 g/mol. The summed E-state index contributed by atoms with van der Waals surface area (Å²) in [4.78, 5) is 28.2. The van der Waals surface area contributed by atoms with Gasteiger partial charge < -0.3 is 29.2 Å². The van der Waals surface area contributed by atoms with Crippen LogP contribution in [0.3, 0.4) is 0 Å². The van der Waals surface area contributed by atoms with Crippen LogP contribution in [0.15, 0.2) is 42.0 Å². The number of ether oxygens (including phenoxy) is 4. The molecule has 0 bridgehead atoms. The number of benzene rings is 1.